The Hall–Kier alpha value is -0.120. The van der Waals surface area contributed by atoms with Crippen molar-refractivity contribution < 1.29 is 0 Å². The molecule has 2 fully saturated rings. The summed E-state index contributed by atoms with van der Waals surface area (Å²) in [5.74, 6) is 0. The number of nitrogens with zero attached hydrogens (tertiary/aromatic N) is 2. The maximum atomic E-state index is 3.67. The van der Waals surface area contributed by atoms with Crippen LogP contribution in [0.4, 0.5) is 0 Å². The molecule has 3 nitrogen and oxygen atoms in total. The Kier molecular flexibility index (Phi) is 5.93. The summed E-state index contributed by atoms with van der Waals surface area (Å²) in [6, 6.07) is 1.61. The van der Waals surface area contributed by atoms with E-state index < -0.39 is 0 Å². The third kappa shape index (κ3) is 3.94. The molecule has 0 spiro atoms. The van der Waals surface area contributed by atoms with Crippen molar-refractivity contribution in [1.29, 1.82) is 0 Å². The maximum absolute atomic E-state index is 3.67. The van der Waals surface area contributed by atoms with Gasteiger partial charge in [-0.1, -0.05) is 20.3 Å². The van der Waals surface area contributed by atoms with Gasteiger partial charge < -0.3 is 10.2 Å². The summed E-state index contributed by atoms with van der Waals surface area (Å²) in [5, 5.41) is 3.67. The molecule has 1 unspecified atom stereocenters. The van der Waals surface area contributed by atoms with E-state index in [1.54, 1.807) is 0 Å². The number of nitrogens with one attached hydrogen (secondary N) is 1. The Labute approximate surface area is 113 Å². The van der Waals surface area contributed by atoms with E-state index in [0.29, 0.717) is 0 Å². The Morgan fingerprint density at radius 3 is 2.50 bits per heavy atom. The van der Waals surface area contributed by atoms with Crippen molar-refractivity contribution in [2.24, 2.45) is 0 Å². The molecule has 0 aromatic rings. The van der Waals surface area contributed by atoms with Crippen LogP contribution < -0.4 is 5.32 Å². The smallest absolute Gasteiger partial charge is 0.0195 e. The first-order valence-electron chi connectivity index (χ1n) is 8.03. The van der Waals surface area contributed by atoms with Crippen LogP contribution in [-0.2, 0) is 0 Å². The molecule has 0 saturated carbocycles. The van der Waals surface area contributed by atoms with Gasteiger partial charge in [0.15, 0.2) is 0 Å². The van der Waals surface area contributed by atoms with Gasteiger partial charge in [0.05, 0.1) is 0 Å². The van der Waals surface area contributed by atoms with Gasteiger partial charge >= 0.3 is 0 Å². The second-order valence-electron chi connectivity index (χ2n) is 6.01. The molecule has 1 atom stereocenters. The zero-order valence-electron chi connectivity index (χ0n) is 12.3. The van der Waals surface area contributed by atoms with Gasteiger partial charge in [-0.3, -0.25) is 4.90 Å². The number of piperazine rings is 1. The van der Waals surface area contributed by atoms with Gasteiger partial charge in [-0.05, 0) is 45.3 Å². The summed E-state index contributed by atoms with van der Waals surface area (Å²) < 4.78 is 0. The number of hydrogen-bond acceptors (Lipinski definition) is 3. The predicted molar refractivity (Wildman–Crippen MR) is 78.0 cm³/mol. The molecular formula is C15H31N3. The van der Waals surface area contributed by atoms with Gasteiger partial charge in [0.2, 0.25) is 0 Å². The fourth-order valence-electron chi connectivity index (χ4n) is 3.55. The standard InChI is InChI=1S/C15H31N3/c1-3-5-14-13-18(12-8-16-14)15-6-10-17(9-4-2)11-7-15/h14-16H,3-13H2,1-2H3. The molecule has 0 aromatic heterocycles. The van der Waals surface area contributed by atoms with E-state index in [-0.39, 0.29) is 0 Å². The summed E-state index contributed by atoms with van der Waals surface area (Å²) in [6.07, 6.45) is 6.72. The van der Waals surface area contributed by atoms with Gasteiger partial charge in [0, 0.05) is 31.7 Å². The van der Waals surface area contributed by atoms with Crippen molar-refractivity contribution in [3.05, 3.63) is 0 Å². The normalized spacial score (nSPS) is 28.7. The zero-order chi connectivity index (χ0) is 12.8. The monoisotopic (exact) mass is 253 g/mol. The van der Waals surface area contributed by atoms with Crippen molar-refractivity contribution in [2.45, 2.75) is 58.0 Å². The highest BCUT2D eigenvalue weighted by molar-refractivity contribution is 4.86. The first kappa shape index (κ1) is 14.3. The van der Waals surface area contributed by atoms with Crippen LogP contribution in [0.3, 0.4) is 0 Å². The number of hydrogen-bond donors (Lipinski definition) is 1. The van der Waals surface area contributed by atoms with Crippen molar-refractivity contribution in [3.8, 4) is 0 Å². The van der Waals surface area contributed by atoms with Gasteiger partial charge in [-0.2, -0.15) is 0 Å². The van der Waals surface area contributed by atoms with Crippen molar-refractivity contribution >= 4 is 0 Å². The lowest BCUT2D eigenvalue weighted by atomic mass is 10.00. The molecule has 2 heterocycles. The Morgan fingerprint density at radius 1 is 1.06 bits per heavy atom. The predicted octanol–water partition coefficient (Wildman–Crippen LogP) is 1.93. The Morgan fingerprint density at radius 2 is 1.83 bits per heavy atom. The van der Waals surface area contributed by atoms with E-state index in [0.717, 1.165) is 12.1 Å². The molecule has 0 radical (unpaired) electrons. The second-order valence-corrected chi connectivity index (χ2v) is 6.01. The molecule has 2 aliphatic rings. The highest BCUT2D eigenvalue weighted by atomic mass is 15.2. The number of rotatable bonds is 5. The molecule has 2 aliphatic heterocycles. The fourth-order valence-corrected chi connectivity index (χ4v) is 3.55. The third-order valence-corrected chi connectivity index (χ3v) is 4.54. The number of piperidine rings is 1. The lowest BCUT2D eigenvalue weighted by molar-refractivity contribution is 0.0817. The average molecular weight is 253 g/mol. The van der Waals surface area contributed by atoms with Crippen LogP contribution in [0.15, 0.2) is 0 Å². The van der Waals surface area contributed by atoms with E-state index >= 15 is 0 Å². The molecule has 106 valence electrons. The summed E-state index contributed by atoms with van der Waals surface area (Å²) in [4.78, 5) is 5.41. The third-order valence-electron chi connectivity index (χ3n) is 4.54. The summed E-state index contributed by atoms with van der Waals surface area (Å²) in [5.41, 5.74) is 0. The topological polar surface area (TPSA) is 18.5 Å². The molecule has 18 heavy (non-hydrogen) atoms. The SMILES string of the molecule is CCCC1CN(C2CCN(CCC)CC2)CCN1. The molecule has 0 amide bonds. The fraction of sp³-hybridized carbons (Fsp3) is 1.00. The second kappa shape index (κ2) is 7.46. The zero-order valence-corrected chi connectivity index (χ0v) is 12.3. The molecule has 0 aliphatic carbocycles. The molecule has 2 rings (SSSR count). The maximum Gasteiger partial charge on any atom is 0.0195 e. The Bertz CT molecular complexity index is 222. The quantitative estimate of drug-likeness (QED) is 0.808. The summed E-state index contributed by atoms with van der Waals surface area (Å²) in [6.45, 7) is 12.3. The van der Waals surface area contributed by atoms with Crippen LogP contribution in [-0.4, -0.2) is 61.2 Å². The Balaban J connectivity index is 1.75. The highest BCUT2D eigenvalue weighted by Crippen LogP contribution is 2.19. The van der Waals surface area contributed by atoms with Crippen LogP contribution in [0.25, 0.3) is 0 Å². The van der Waals surface area contributed by atoms with Crippen LogP contribution in [0.5, 0.6) is 0 Å². The van der Waals surface area contributed by atoms with Crippen LogP contribution in [0.2, 0.25) is 0 Å². The van der Waals surface area contributed by atoms with Crippen LogP contribution >= 0.6 is 0 Å². The van der Waals surface area contributed by atoms with E-state index in [1.165, 1.54) is 71.4 Å². The minimum Gasteiger partial charge on any atom is -0.311 e. The molecular weight excluding hydrogens is 222 g/mol. The van der Waals surface area contributed by atoms with E-state index in [4.69, 9.17) is 0 Å². The lowest BCUT2D eigenvalue weighted by Gasteiger charge is -2.42. The minimum absolute atomic E-state index is 0.748. The molecule has 3 heteroatoms. The van der Waals surface area contributed by atoms with Crippen molar-refractivity contribution in [1.82, 2.24) is 15.1 Å². The van der Waals surface area contributed by atoms with Crippen molar-refractivity contribution in [2.75, 3.05) is 39.3 Å². The minimum atomic E-state index is 0.748. The average Bonchev–Trinajstić information content (AvgIpc) is 2.41. The molecule has 2 saturated heterocycles. The van der Waals surface area contributed by atoms with Crippen LogP contribution in [0.1, 0.15) is 46.0 Å². The first-order chi connectivity index (χ1) is 8.83. The number of likely N-dealkylation sites (tertiary alicyclic amines) is 1. The highest BCUT2D eigenvalue weighted by Gasteiger charge is 2.27. The van der Waals surface area contributed by atoms with Crippen molar-refractivity contribution in [3.63, 3.8) is 0 Å². The van der Waals surface area contributed by atoms with E-state index in [1.807, 2.05) is 0 Å². The molecule has 0 aromatic carbocycles. The molecule has 1 N–H and O–H groups in total. The lowest BCUT2D eigenvalue weighted by Crippen LogP contribution is -2.56. The molecule has 0 bridgehead atoms. The first-order valence-corrected chi connectivity index (χ1v) is 8.03. The summed E-state index contributed by atoms with van der Waals surface area (Å²) >= 11 is 0. The summed E-state index contributed by atoms with van der Waals surface area (Å²) in [7, 11) is 0. The van der Waals surface area contributed by atoms with Gasteiger partial charge in [-0.15, -0.1) is 0 Å². The van der Waals surface area contributed by atoms with E-state index in [2.05, 4.69) is 29.0 Å². The van der Waals surface area contributed by atoms with Crippen LogP contribution in [0, 0.1) is 0 Å². The largest absolute Gasteiger partial charge is 0.311 e. The van der Waals surface area contributed by atoms with Gasteiger partial charge in [0.1, 0.15) is 0 Å². The van der Waals surface area contributed by atoms with E-state index in [9.17, 15) is 0 Å². The van der Waals surface area contributed by atoms with Gasteiger partial charge in [-0.25, -0.2) is 0 Å². The van der Waals surface area contributed by atoms with Gasteiger partial charge in [0.25, 0.3) is 0 Å².